The summed E-state index contributed by atoms with van der Waals surface area (Å²) in [4.78, 5) is 0.307. The maximum absolute atomic E-state index is 12.1. The molecule has 0 nitrogen and oxygen atoms in total. The third-order valence-corrected chi connectivity index (χ3v) is 3.04. The van der Waals surface area contributed by atoms with Crippen molar-refractivity contribution in [2.45, 2.75) is 36.7 Å². The topological polar surface area (TPSA) is 0 Å². The zero-order chi connectivity index (χ0) is 8.48. The van der Waals surface area contributed by atoms with E-state index in [9.17, 15) is 13.2 Å². The number of rotatable bonds is 0. The SMILES string of the molecule is FC(F)(F)C1CCC(Br)CC1. The van der Waals surface area contributed by atoms with Crippen LogP contribution in [0.15, 0.2) is 0 Å². The molecule has 11 heavy (non-hydrogen) atoms. The van der Waals surface area contributed by atoms with Gasteiger partial charge in [0.05, 0.1) is 5.92 Å². The smallest absolute Gasteiger partial charge is 0.171 e. The Kier molecular flexibility index (Phi) is 2.84. The number of hydrogen-bond donors (Lipinski definition) is 0. The fourth-order valence-corrected chi connectivity index (χ4v) is 1.91. The van der Waals surface area contributed by atoms with Gasteiger partial charge in [-0.3, -0.25) is 0 Å². The maximum Gasteiger partial charge on any atom is 0.391 e. The van der Waals surface area contributed by atoms with Crippen molar-refractivity contribution in [2.75, 3.05) is 0 Å². The summed E-state index contributed by atoms with van der Waals surface area (Å²) in [6, 6.07) is 0. The molecule has 1 rings (SSSR count). The Bertz CT molecular complexity index is 124. The molecule has 4 heteroatoms. The standard InChI is InChI=1S/C7H10BrF3/c8-6-3-1-5(2-4-6)7(9,10)11/h5-6H,1-4H2. The predicted molar refractivity (Wildman–Crippen MR) is 40.7 cm³/mol. The van der Waals surface area contributed by atoms with Crippen LogP contribution >= 0.6 is 15.9 Å². The Morgan fingerprint density at radius 1 is 1.00 bits per heavy atom. The third kappa shape index (κ3) is 2.65. The molecule has 0 atom stereocenters. The molecule has 0 aromatic rings. The predicted octanol–water partition coefficient (Wildman–Crippen LogP) is 3.50. The summed E-state index contributed by atoms with van der Waals surface area (Å²) in [6.07, 6.45) is -2.07. The Morgan fingerprint density at radius 3 is 1.82 bits per heavy atom. The normalized spacial score (nSPS) is 33.8. The largest absolute Gasteiger partial charge is 0.391 e. The van der Waals surface area contributed by atoms with Crippen molar-refractivity contribution in [3.63, 3.8) is 0 Å². The number of halogens is 4. The summed E-state index contributed by atoms with van der Waals surface area (Å²) in [7, 11) is 0. The van der Waals surface area contributed by atoms with Gasteiger partial charge in [-0.1, -0.05) is 15.9 Å². The van der Waals surface area contributed by atoms with Crippen LogP contribution in [0.1, 0.15) is 25.7 Å². The molecule has 0 N–H and O–H groups in total. The molecule has 0 bridgehead atoms. The summed E-state index contributed by atoms with van der Waals surface area (Å²) in [5.41, 5.74) is 0. The van der Waals surface area contributed by atoms with E-state index >= 15 is 0 Å². The van der Waals surface area contributed by atoms with Gasteiger partial charge in [0, 0.05) is 4.83 Å². The summed E-state index contributed by atoms with van der Waals surface area (Å²) in [5, 5.41) is 0. The summed E-state index contributed by atoms with van der Waals surface area (Å²) < 4.78 is 36.2. The Balaban J connectivity index is 2.39. The summed E-state index contributed by atoms with van der Waals surface area (Å²) in [6.45, 7) is 0. The van der Waals surface area contributed by atoms with Crippen LogP contribution in [0.25, 0.3) is 0 Å². The van der Waals surface area contributed by atoms with Gasteiger partial charge in [0.25, 0.3) is 0 Å². The van der Waals surface area contributed by atoms with Gasteiger partial charge in [0.1, 0.15) is 0 Å². The van der Waals surface area contributed by atoms with Crippen molar-refractivity contribution in [2.24, 2.45) is 5.92 Å². The highest BCUT2D eigenvalue weighted by Gasteiger charge is 2.40. The van der Waals surface area contributed by atoms with Crippen molar-refractivity contribution >= 4 is 15.9 Å². The van der Waals surface area contributed by atoms with Crippen molar-refractivity contribution in [1.82, 2.24) is 0 Å². The lowest BCUT2D eigenvalue weighted by atomic mass is 9.89. The van der Waals surface area contributed by atoms with E-state index in [0.717, 1.165) is 0 Å². The van der Waals surface area contributed by atoms with Gasteiger partial charge in [-0.15, -0.1) is 0 Å². The van der Waals surface area contributed by atoms with Gasteiger partial charge >= 0.3 is 6.18 Å². The summed E-state index contributed by atoms with van der Waals surface area (Å²) in [5.74, 6) is -1.05. The monoisotopic (exact) mass is 230 g/mol. The van der Waals surface area contributed by atoms with Gasteiger partial charge in [-0.2, -0.15) is 13.2 Å². The highest BCUT2D eigenvalue weighted by atomic mass is 79.9. The number of hydrogen-bond acceptors (Lipinski definition) is 0. The molecule has 66 valence electrons. The Hall–Kier alpha value is 0.270. The first-order chi connectivity index (χ1) is 5.00. The Labute approximate surface area is 72.3 Å². The van der Waals surface area contributed by atoms with Gasteiger partial charge in [-0.05, 0) is 25.7 Å². The van der Waals surface area contributed by atoms with Crippen molar-refractivity contribution in [3.05, 3.63) is 0 Å². The molecule has 0 aromatic carbocycles. The van der Waals surface area contributed by atoms with Crippen LogP contribution in [-0.2, 0) is 0 Å². The van der Waals surface area contributed by atoms with Gasteiger partial charge in [-0.25, -0.2) is 0 Å². The van der Waals surface area contributed by atoms with Crippen LogP contribution in [0.4, 0.5) is 13.2 Å². The van der Waals surface area contributed by atoms with E-state index in [4.69, 9.17) is 0 Å². The maximum atomic E-state index is 12.1. The first-order valence-electron chi connectivity index (χ1n) is 3.71. The first-order valence-corrected chi connectivity index (χ1v) is 4.62. The fraction of sp³-hybridized carbons (Fsp3) is 1.00. The van der Waals surface area contributed by atoms with Crippen LogP contribution in [-0.4, -0.2) is 11.0 Å². The second-order valence-corrected chi connectivity index (χ2v) is 4.29. The van der Waals surface area contributed by atoms with Gasteiger partial charge in [0.2, 0.25) is 0 Å². The molecule has 0 radical (unpaired) electrons. The molecule has 0 aliphatic heterocycles. The molecule has 0 heterocycles. The molecule has 1 aliphatic rings. The third-order valence-electron chi connectivity index (χ3n) is 2.12. The Morgan fingerprint density at radius 2 is 1.45 bits per heavy atom. The highest BCUT2D eigenvalue weighted by Crippen LogP contribution is 2.39. The second kappa shape index (κ2) is 3.33. The van der Waals surface area contributed by atoms with E-state index in [1.807, 2.05) is 0 Å². The van der Waals surface area contributed by atoms with Crippen LogP contribution < -0.4 is 0 Å². The molecular formula is C7H10BrF3. The second-order valence-electron chi connectivity index (χ2n) is 2.99. The quantitative estimate of drug-likeness (QED) is 0.559. The lowest BCUT2D eigenvalue weighted by molar-refractivity contribution is -0.181. The van der Waals surface area contributed by atoms with E-state index in [1.165, 1.54) is 0 Å². The van der Waals surface area contributed by atoms with Gasteiger partial charge < -0.3 is 0 Å². The van der Waals surface area contributed by atoms with E-state index in [1.54, 1.807) is 0 Å². The van der Waals surface area contributed by atoms with E-state index < -0.39 is 12.1 Å². The molecule has 0 unspecified atom stereocenters. The molecule has 0 amide bonds. The van der Waals surface area contributed by atoms with Gasteiger partial charge in [0.15, 0.2) is 0 Å². The van der Waals surface area contributed by atoms with Crippen LogP contribution in [0.2, 0.25) is 0 Å². The molecule has 1 saturated carbocycles. The molecule has 1 fully saturated rings. The first kappa shape index (κ1) is 9.36. The van der Waals surface area contributed by atoms with Crippen molar-refractivity contribution in [1.29, 1.82) is 0 Å². The minimum absolute atomic E-state index is 0.291. The molecule has 1 aliphatic carbocycles. The average molecular weight is 231 g/mol. The van der Waals surface area contributed by atoms with Crippen LogP contribution in [0, 0.1) is 5.92 Å². The average Bonchev–Trinajstić information content (AvgIpc) is 1.86. The molecule has 0 spiro atoms. The van der Waals surface area contributed by atoms with Crippen molar-refractivity contribution < 1.29 is 13.2 Å². The van der Waals surface area contributed by atoms with Crippen molar-refractivity contribution in [3.8, 4) is 0 Å². The number of alkyl halides is 4. The van der Waals surface area contributed by atoms with Crippen LogP contribution in [0.3, 0.4) is 0 Å². The van der Waals surface area contributed by atoms with E-state index in [-0.39, 0.29) is 0 Å². The minimum Gasteiger partial charge on any atom is -0.171 e. The zero-order valence-electron chi connectivity index (χ0n) is 5.99. The minimum atomic E-state index is -3.97. The van der Waals surface area contributed by atoms with Crippen LogP contribution in [0.5, 0.6) is 0 Å². The summed E-state index contributed by atoms with van der Waals surface area (Å²) >= 11 is 3.32. The molecule has 0 aromatic heterocycles. The van der Waals surface area contributed by atoms with E-state index in [0.29, 0.717) is 30.5 Å². The lowest BCUT2D eigenvalue weighted by Crippen LogP contribution is -2.27. The lowest BCUT2D eigenvalue weighted by Gasteiger charge is -2.26. The molecular weight excluding hydrogens is 221 g/mol. The zero-order valence-corrected chi connectivity index (χ0v) is 7.58. The highest BCUT2D eigenvalue weighted by molar-refractivity contribution is 9.09. The van der Waals surface area contributed by atoms with E-state index in [2.05, 4.69) is 15.9 Å². The fourth-order valence-electron chi connectivity index (χ4n) is 1.38. The molecule has 0 saturated heterocycles.